The van der Waals surface area contributed by atoms with Crippen LogP contribution < -0.4 is 9.62 Å². The summed E-state index contributed by atoms with van der Waals surface area (Å²) in [6, 6.07) is 22.8. The lowest BCUT2D eigenvalue weighted by molar-refractivity contribution is -0.139. The molecule has 3 aromatic carbocycles. The monoisotopic (exact) mass is 561 g/mol. The number of nitrogens with zero attached hydrogens (tertiary/aromatic N) is 2. The van der Waals surface area contributed by atoms with Crippen molar-refractivity contribution >= 4 is 27.5 Å². The third kappa shape index (κ3) is 7.30. The van der Waals surface area contributed by atoms with Crippen molar-refractivity contribution < 1.29 is 18.0 Å². The number of aryl methyl sites for hydroxylation is 2. The van der Waals surface area contributed by atoms with E-state index in [0.29, 0.717) is 12.1 Å². The Bertz CT molecular complexity index is 1380. The molecule has 7 nitrogen and oxygen atoms in total. The second-order valence-electron chi connectivity index (χ2n) is 10.7. The molecule has 0 unspecified atom stereocenters. The van der Waals surface area contributed by atoms with Gasteiger partial charge in [-0.1, -0.05) is 67.4 Å². The Balaban J connectivity index is 1.66. The first-order valence-electron chi connectivity index (χ1n) is 13.9. The Hall–Kier alpha value is -3.65. The number of hydrogen-bond donors (Lipinski definition) is 1. The summed E-state index contributed by atoms with van der Waals surface area (Å²) >= 11 is 0. The van der Waals surface area contributed by atoms with Crippen LogP contribution in [-0.2, 0) is 26.0 Å². The summed E-state index contributed by atoms with van der Waals surface area (Å²) in [4.78, 5) is 28.9. The first-order chi connectivity index (χ1) is 19.1. The maximum absolute atomic E-state index is 14.0. The van der Waals surface area contributed by atoms with Crippen LogP contribution >= 0.6 is 0 Å². The maximum atomic E-state index is 14.0. The van der Waals surface area contributed by atoms with Crippen LogP contribution in [0.25, 0.3) is 0 Å². The normalized spacial score (nSPS) is 14.5. The highest BCUT2D eigenvalue weighted by atomic mass is 32.2. The fourth-order valence-corrected chi connectivity index (χ4v) is 6.72. The number of carbonyl (C=O) groups is 2. The van der Waals surface area contributed by atoms with E-state index in [4.69, 9.17) is 0 Å². The van der Waals surface area contributed by atoms with Crippen LogP contribution in [0.5, 0.6) is 0 Å². The molecule has 1 atom stereocenters. The number of amides is 2. The third-order valence-corrected chi connectivity index (χ3v) is 9.25. The van der Waals surface area contributed by atoms with Gasteiger partial charge in [-0.3, -0.25) is 13.9 Å². The first-order valence-corrected chi connectivity index (χ1v) is 15.4. The van der Waals surface area contributed by atoms with E-state index in [1.807, 2.05) is 50.2 Å². The molecule has 0 aromatic heterocycles. The Morgan fingerprint density at radius 2 is 1.48 bits per heavy atom. The summed E-state index contributed by atoms with van der Waals surface area (Å²) in [5, 5.41) is 3.10. The van der Waals surface area contributed by atoms with Crippen LogP contribution in [0.15, 0.2) is 83.8 Å². The van der Waals surface area contributed by atoms with Crippen LogP contribution in [0.3, 0.4) is 0 Å². The summed E-state index contributed by atoms with van der Waals surface area (Å²) in [6.07, 6.45) is 4.58. The fraction of sp³-hybridized carbons (Fsp3) is 0.375. The molecule has 212 valence electrons. The van der Waals surface area contributed by atoms with Gasteiger partial charge in [-0.05, 0) is 81.0 Å². The van der Waals surface area contributed by atoms with Crippen LogP contribution in [0, 0.1) is 13.8 Å². The zero-order valence-corrected chi connectivity index (χ0v) is 24.4. The predicted octanol–water partition coefficient (Wildman–Crippen LogP) is 5.02. The van der Waals surface area contributed by atoms with Crippen molar-refractivity contribution in [3.05, 3.63) is 95.6 Å². The van der Waals surface area contributed by atoms with Crippen molar-refractivity contribution in [3.63, 3.8) is 0 Å². The molecule has 3 aromatic rings. The number of benzene rings is 3. The number of anilines is 1. The molecule has 0 spiro atoms. The molecule has 2 amide bonds. The summed E-state index contributed by atoms with van der Waals surface area (Å²) < 4.78 is 29.0. The standard InChI is InChI=1S/C32H39N3O4S/c1-24-20-25(2)22-29(21-24)35(40(38,39)30-16-8-5-9-17-30)23-31(36)34(19-18-27-12-6-4-7-13-27)26(3)32(37)33-28-14-10-11-15-28/h4-9,12-13,16-17,20-22,26,28H,10-11,14-15,18-19,23H2,1-3H3,(H,33,37)/t26-/m1/s1. The van der Waals surface area contributed by atoms with E-state index in [1.54, 1.807) is 37.3 Å². The minimum Gasteiger partial charge on any atom is -0.352 e. The van der Waals surface area contributed by atoms with Gasteiger partial charge in [0.05, 0.1) is 10.6 Å². The van der Waals surface area contributed by atoms with Crippen LogP contribution in [0.1, 0.15) is 49.3 Å². The van der Waals surface area contributed by atoms with Gasteiger partial charge >= 0.3 is 0 Å². The Kier molecular flexibility index (Phi) is 9.63. The molecule has 0 bridgehead atoms. The van der Waals surface area contributed by atoms with E-state index in [-0.39, 0.29) is 23.4 Å². The molecule has 0 aliphatic heterocycles. The minimum atomic E-state index is -4.06. The first kappa shape index (κ1) is 29.3. The molecule has 1 N–H and O–H groups in total. The van der Waals surface area contributed by atoms with Crippen LogP contribution in [0.2, 0.25) is 0 Å². The number of carbonyl (C=O) groups excluding carboxylic acids is 2. The second kappa shape index (κ2) is 13.1. The lowest BCUT2D eigenvalue weighted by atomic mass is 10.1. The minimum absolute atomic E-state index is 0.102. The van der Waals surface area contributed by atoms with E-state index in [2.05, 4.69) is 5.32 Å². The summed E-state index contributed by atoms with van der Waals surface area (Å²) in [7, 11) is -4.06. The summed E-state index contributed by atoms with van der Waals surface area (Å²) in [5.41, 5.74) is 3.23. The molecule has 0 heterocycles. The van der Waals surface area contributed by atoms with Gasteiger partial charge in [0.2, 0.25) is 11.8 Å². The van der Waals surface area contributed by atoms with Crippen molar-refractivity contribution in [1.82, 2.24) is 10.2 Å². The van der Waals surface area contributed by atoms with E-state index in [1.165, 1.54) is 21.3 Å². The zero-order valence-electron chi connectivity index (χ0n) is 23.5. The number of rotatable bonds is 11. The summed E-state index contributed by atoms with van der Waals surface area (Å²) in [6.45, 7) is 5.38. The molecular weight excluding hydrogens is 522 g/mol. The summed E-state index contributed by atoms with van der Waals surface area (Å²) in [5.74, 6) is -0.638. The smallest absolute Gasteiger partial charge is 0.264 e. The van der Waals surface area contributed by atoms with Crippen LogP contribution in [-0.4, -0.2) is 50.3 Å². The molecule has 40 heavy (non-hydrogen) atoms. The van der Waals surface area contributed by atoms with Crippen molar-refractivity contribution in [2.75, 3.05) is 17.4 Å². The second-order valence-corrected chi connectivity index (χ2v) is 12.5. The van der Waals surface area contributed by atoms with E-state index in [0.717, 1.165) is 42.4 Å². The topological polar surface area (TPSA) is 86.8 Å². The zero-order chi connectivity index (χ0) is 28.7. The molecule has 4 rings (SSSR count). The Labute approximate surface area is 238 Å². The van der Waals surface area contributed by atoms with E-state index in [9.17, 15) is 18.0 Å². The van der Waals surface area contributed by atoms with Crippen molar-refractivity contribution in [2.45, 2.75) is 69.9 Å². The van der Waals surface area contributed by atoms with E-state index >= 15 is 0 Å². The van der Waals surface area contributed by atoms with Gasteiger partial charge in [-0.15, -0.1) is 0 Å². The van der Waals surface area contributed by atoms with Crippen molar-refractivity contribution in [2.24, 2.45) is 0 Å². The van der Waals surface area contributed by atoms with Gasteiger partial charge in [-0.2, -0.15) is 0 Å². The van der Waals surface area contributed by atoms with Gasteiger partial charge in [0.1, 0.15) is 12.6 Å². The van der Waals surface area contributed by atoms with Crippen molar-refractivity contribution in [1.29, 1.82) is 0 Å². The average molecular weight is 562 g/mol. The number of hydrogen-bond acceptors (Lipinski definition) is 4. The highest BCUT2D eigenvalue weighted by molar-refractivity contribution is 7.92. The molecule has 8 heteroatoms. The van der Waals surface area contributed by atoms with Gasteiger partial charge in [0.25, 0.3) is 10.0 Å². The molecule has 1 aliphatic rings. The molecule has 1 fully saturated rings. The van der Waals surface area contributed by atoms with E-state index < -0.39 is 28.5 Å². The fourth-order valence-electron chi connectivity index (χ4n) is 5.31. The lowest BCUT2D eigenvalue weighted by Gasteiger charge is -2.32. The van der Waals surface area contributed by atoms with Gasteiger partial charge in [0.15, 0.2) is 0 Å². The van der Waals surface area contributed by atoms with Gasteiger partial charge in [-0.25, -0.2) is 8.42 Å². The molecule has 0 saturated heterocycles. The maximum Gasteiger partial charge on any atom is 0.264 e. The average Bonchev–Trinajstić information content (AvgIpc) is 3.45. The predicted molar refractivity (Wildman–Crippen MR) is 159 cm³/mol. The quantitative estimate of drug-likeness (QED) is 0.356. The van der Waals surface area contributed by atoms with Gasteiger partial charge < -0.3 is 10.2 Å². The molecule has 1 saturated carbocycles. The SMILES string of the molecule is Cc1cc(C)cc(N(CC(=O)N(CCc2ccccc2)[C@H](C)C(=O)NC2CCCC2)S(=O)(=O)c2ccccc2)c1. The lowest BCUT2D eigenvalue weighted by Crippen LogP contribution is -2.53. The van der Waals surface area contributed by atoms with Gasteiger partial charge in [0, 0.05) is 12.6 Å². The van der Waals surface area contributed by atoms with Crippen molar-refractivity contribution in [3.8, 4) is 0 Å². The third-order valence-electron chi connectivity index (χ3n) is 7.46. The molecule has 1 aliphatic carbocycles. The Morgan fingerprint density at radius 1 is 0.900 bits per heavy atom. The molecular formula is C32H39N3O4S. The number of nitrogens with one attached hydrogen (secondary N) is 1. The highest BCUT2D eigenvalue weighted by Crippen LogP contribution is 2.26. The molecule has 0 radical (unpaired) electrons. The number of sulfonamides is 1. The van der Waals surface area contributed by atoms with Crippen LogP contribution in [0.4, 0.5) is 5.69 Å². The Morgan fingerprint density at radius 3 is 2.08 bits per heavy atom. The highest BCUT2D eigenvalue weighted by Gasteiger charge is 2.33. The largest absolute Gasteiger partial charge is 0.352 e.